The van der Waals surface area contributed by atoms with Crippen LogP contribution in [0.25, 0.3) is 0 Å². The molecule has 3 N–H and O–H groups in total. The Hall–Kier alpha value is -1.84. The second-order valence-electron chi connectivity index (χ2n) is 7.34. The molecule has 148 valence electrons. The third-order valence-corrected chi connectivity index (χ3v) is 5.60. The number of anilines is 1. The Balaban J connectivity index is 1.53. The number of hydrogen-bond donors (Lipinski definition) is 3. The summed E-state index contributed by atoms with van der Waals surface area (Å²) in [5, 5.41) is 3.53. The van der Waals surface area contributed by atoms with Gasteiger partial charge in [0.1, 0.15) is 0 Å². The highest BCUT2D eigenvalue weighted by Gasteiger charge is 2.53. The predicted molar refractivity (Wildman–Crippen MR) is 92.6 cm³/mol. The largest absolute Gasteiger partial charge is 0.402 e. The van der Waals surface area contributed by atoms with Crippen LogP contribution in [0.3, 0.4) is 0 Å². The topological polar surface area (TPSA) is 65.6 Å². The number of rotatable bonds is 3. The van der Waals surface area contributed by atoms with E-state index in [0.717, 1.165) is 42.9 Å². The van der Waals surface area contributed by atoms with Crippen LogP contribution < -0.4 is 16.2 Å². The van der Waals surface area contributed by atoms with Gasteiger partial charge in [-0.05, 0) is 30.0 Å². The van der Waals surface area contributed by atoms with Crippen molar-refractivity contribution < 1.29 is 22.7 Å². The smallest absolute Gasteiger partial charge is 0.382 e. The summed E-state index contributed by atoms with van der Waals surface area (Å²) in [5.41, 5.74) is 7.73. The van der Waals surface area contributed by atoms with Gasteiger partial charge in [0.25, 0.3) is 0 Å². The molecule has 9 heteroatoms. The van der Waals surface area contributed by atoms with Gasteiger partial charge >= 0.3 is 6.18 Å². The molecule has 0 aromatic heterocycles. The molecular formula is C18H23F3N4O2. The maximum Gasteiger partial charge on any atom is 0.402 e. The summed E-state index contributed by atoms with van der Waals surface area (Å²) in [7, 11) is 0. The van der Waals surface area contributed by atoms with Crippen LogP contribution in [0.2, 0.25) is 0 Å². The Labute approximate surface area is 155 Å². The Bertz CT molecular complexity index is 706. The minimum Gasteiger partial charge on any atom is -0.382 e. The van der Waals surface area contributed by atoms with Crippen molar-refractivity contribution in [3.8, 4) is 0 Å². The van der Waals surface area contributed by atoms with E-state index >= 15 is 0 Å². The minimum absolute atomic E-state index is 0.0621. The molecule has 0 aliphatic carbocycles. The maximum absolute atomic E-state index is 13.5. The lowest BCUT2D eigenvalue weighted by Crippen LogP contribution is -2.63. The van der Waals surface area contributed by atoms with Gasteiger partial charge in [0.2, 0.25) is 5.91 Å². The second-order valence-corrected chi connectivity index (χ2v) is 7.34. The van der Waals surface area contributed by atoms with Crippen LogP contribution in [0.15, 0.2) is 18.2 Å². The zero-order valence-electron chi connectivity index (χ0n) is 14.8. The van der Waals surface area contributed by atoms with E-state index < -0.39 is 24.0 Å². The van der Waals surface area contributed by atoms with Crippen LogP contribution in [0, 0.1) is 5.92 Å². The highest BCUT2D eigenvalue weighted by Crippen LogP contribution is 2.38. The average molecular weight is 384 g/mol. The van der Waals surface area contributed by atoms with Crippen LogP contribution in [0.5, 0.6) is 0 Å². The molecule has 0 radical (unpaired) electrons. The summed E-state index contributed by atoms with van der Waals surface area (Å²) >= 11 is 0. The lowest BCUT2D eigenvalue weighted by Gasteiger charge is -2.38. The van der Waals surface area contributed by atoms with Gasteiger partial charge in [-0.3, -0.25) is 15.1 Å². The molecule has 4 rings (SSSR count). The number of ether oxygens (including phenoxy) is 1. The van der Waals surface area contributed by atoms with Crippen LogP contribution >= 0.6 is 0 Å². The van der Waals surface area contributed by atoms with E-state index in [4.69, 9.17) is 4.74 Å². The van der Waals surface area contributed by atoms with Gasteiger partial charge in [-0.25, -0.2) is 5.43 Å². The molecule has 0 bridgehead atoms. The summed E-state index contributed by atoms with van der Waals surface area (Å²) in [5.74, 6) is -3.05. The molecule has 2 fully saturated rings. The van der Waals surface area contributed by atoms with Gasteiger partial charge in [0.05, 0.1) is 0 Å². The molecule has 1 aromatic rings. The molecule has 1 aromatic carbocycles. The zero-order valence-corrected chi connectivity index (χ0v) is 14.8. The average Bonchev–Trinajstić information content (AvgIpc) is 3.06. The molecule has 3 heterocycles. The van der Waals surface area contributed by atoms with Gasteiger partial charge in [0.15, 0.2) is 5.92 Å². The molecule has 2 saturated heterocycles. The maximum atomic E-state index is 13.5. The quantitative estimate of drug-likeness (QED) is 0.742. The SMILES string of the molecule is O=C1NNCC(N2Cc3cccc(NC4CCOCC4)c3C2)C1C(F)(F)F. The summed E-state index contributed by atoms with van der Waals surface area (Å²) in [6, 6.07) is 5.23. The van der Waals surface area contributed by atoms with Crippen molar-refractivity contribution in [2.24, 2.45) is 5.92 Å². The second kappa shape index (κ2) is 7.29. The standard InChI is InChI=1S/C18H23F3N4O2/c19-18(20,21)16-15(8-22-24-17(16)26)25-9-11-2-1-3-14(13(11)10-25)23-12-4-6-27-7-5-12/h1-3,12,15-16,22-23H,4-10H2,(H,24,26). The molecule has 0 spiro atoms. The van der Waals surface area contributed by atoms with Gasteiger partial charge in [-0.15, -0.1) is 0 Å². The number of halogens is 3. The summed E-state index contributed by atoms with van der Waals surface area (Å²) in [6.45, 7) is 2.30. The van der Waals surface area contributed by atoms with E-state index in [1.54, 1.807) is 4.90 Å². The van der Waals surface area contributed by atoms with Crippen molar-refractivity contribution in [1.29, 1.82) is 0 Å². The van der Waals surface area contributed by atoms with Crippen LogP contribution in [-0.2, 0) is 22.6 Å². The molecule has 3 aliphatic rings. The molecule has 27 heavy (non-hydrogen) atoms. The van der Waals surface area contributed by atoms with Crippen molar-refractivity contribution in [1.82, 2.24) is 15.8 Å². The molecule has 2 atom stereocenters. The van der Waals surface area contributed by atoms with Gasteiger partial charge in [-0.1, -0.05) is 12.1 Å². The fraction of sp³-hybridized carbons (Fsp3) is 0.611. The Morgan fingerprint density at radius 1 is 1.19 bits per heavy atom. The Morgan fingerprint density at radius 2 is 1.96 bits per heavy atom. The molecule has 1 amide bonds. The lowest BCUT2D eigenvalue weighted by atomic mass is 9.95. The van der Waals surface area contributed by atoms with E-state index in [-0.39, 0.29) is 6.54 Å². The van der Waals surface area contributed by atoms with Gasteiger partial charge in [0, 0.05) is 50.6 Å². The van der Waals surface area contributed by atoms with Crippen molar-refractivity contribution in [3.63, 3.8) is 0 Å². The first-order valence-electron chi connectivity index (χ1n) is 9.22. The normalized spacial score (nSPS) is 27.3. The fourth-order valence-corrected chi connectivity index (χ4v) is 4.20. The number of carbonyl (C=O) groups excluding carboxylic acids is 1. The summed E-state index contributed by atoms with van der Waals surface area (Å²) in [6.07, 6.45) is -2.75. The fourth-order valence-electron chi connectivity index (χ4n) is 4.20. The summed E-state index contributed by atoms with van der Waals surface area (Å²) in [4.78, 5) is 13.6. The first-order valence-corrected chi connectivity index (χ1v) is 9.22. The molecule has 2 unspecified atom stereocenters. The van der Waals surface area contributed by atoms with Crippen LogP contribution in [0.1, 0.15) is 24.0 Å². The number of fused-ring (bicyclic) bond motifs is 1. The van der Waals surface area contributed by atoms with Gasteiger partial charge < -0.3 is 10.1 Å². The molecular weight excluding hydrogens is 361 g/mol. The number of carbonyl (C=O) groups is 1. The third-order valence-electron chi connectivity index (χ3n) is 5.60. The number of hydrogen-bond acceptors (Lipinski definition) is 5. The van der Waals surface area contributed by atoms with E-state index in [0.29, 0.717) is 19.1 Å². The van der Waals surface area contributed by atoms with Crippen LogP contribution in [-0.4, -0.2) is 48.8 Å². The van der Waals surface area contributed by atoms with E-state index in [9.17, 15) is 18.0 Å². The number of nitrogens with zero attached hydrogens (tertiary/aromatic N) is 1. The number of benzene rings is 1. The van der Waals surface area contributed by atoms with Gasteiger partial charge in [-0.2, -0.15) is 13.2 Å². The summed E-state index contributed by atoms with van der Waals surface area (Å²) < 4.78 is 45.8. The first-order chi connectivity index (χ1) is 12.9. The molecule has 3 aliphatic heterocycles. The monoisotopic (exact) mass is 384 g/mol. The van der Waals surface area contributed by atoms with E-state index in [1.807, 2.05) is 18.2 Å². The van der Waals surface area contributed by atoms with Crippen molar-refractivity contribution in [2.75, 3.05) is 25.1 Å². The first kappa shape index (κ1) is 18.5. The Morgan fingerprint density at radius 3 is 2.70 bits per heavy atom. The van der Waals surface area contributed by atoms with Crippen molar-refractivity contribution in [3.05, 3.63) is 29.3 Å². The zero-order chi connectivity index (χ0) is 19.0. The lowest BCUT2D eigenvalue weighted by molar-refractivity contribution is -0.201. The number of amides is 1. The Kier molecular flexibility index (Phi) is 5.00. The predicted octanol–water partition coefficient (Wildman–Crippen LogP) is 1.77. The van der Waals surface area contributed by atoms with Crippen molar-refractivity contribution in [2.45, 2.75) is 44.2 Å². The molecule has 0 saturated carbocycles. The number of nitrogens with one attached hydrogen (secondary N) is 3. The van der Waals surface area contributed by atoms with E-state index in [1.165, 1.54) is 0 Å². The van der Waals surface area contributed by atoms with Crippen LogP contribution in [0.4, 0.5) is 18.9 Å². The number of alkyl halides is 3. The number of hydrazine groups is 1. The molecule has 6 nitrogen and oxygen atoms in total. The van der Waals surface area contributed by atoms with Crippen molar-refractivity contribution >= 4 is 11.6 Å². The third kappa shape index (κ3) is 3.76. The highest BCUT2D eigenvalue weighted by atomic mass is 19.4. The highest BCUT2D eigenvalue weighted by molar-refractivity contribution is 5.80. The van der Waals surface area contributed by atoms with E-state index in [2.05, 4.69) is 16.2 Å². The minimum atomic E-state index is -4.57.